The van der Waals surface area contributed by atoms with Crippen LogP contribution in [0.25, 0.3) is 0 Å². The molecule has 5 nitrogen and oxygen atoms in total. The molecule has 134 valence electrons. The lowest BCUT2D eigenvalue weighted by atomic mass is 10.1. The first-order chi connectivity index (χ1) is 12.7. The molecule has 1 aromatic heterocycles. The maximum atomic E-state index is 11.7. The van der Waals surface area contributed by atoms with Crippen LogP contribution in [0, 0.1) is 0 Å². The lowest BCUT2D eigenvalue weighted by molar-refractivity contribution is 0.0520. The third-order valence-electron chi connectivity index (χ3n) is 3.66. The highest BCUT2D eigenvalue weighted by atomic mass is 32.1. The molecule has 0 radical (unpaired) electrons. The van der Waals surface area contributed by atoms with E-state index in [1.165, 1.54) is 11.3 Å². The molecule has 3 rings (SSSR count). The number of carbonyl (C=O) groups is 1. The van der Waals surface area contributed by atoms with Gasteiger partial charge in [-0.1, -0.05) is 30.3 Å². The van der Waals surface area contributed by atoms with Crippen molar-refractivity contribution >= 4 is 17.3 Å². The maximum absolute atomic E-state index is 11.7. The lowest BCUT2D eigenvalue weighted by Gasteiger charge is -2.11. The molecule has 0 atom stereocenters. The Labute approximate surface area is 155 Å². The van der Waals surface area contributed by atoms with Crippen molar-refractivity contribution in [2.75, 3.05) is 6.61 Å². The standard InChI is InChI=1S/C20H19NO4S/c1-2-24-20(23)17-13-26-19(21-17)11-15-10-16(22)8-9-18(15)25-12-14-6-4-3-5-7-14/h3-10,13,22H,2,11-12H2,1H3. The van der Waals surface area contributed by atoms with Gasteiger partial charge in [-0.15, -0.1) is 11.3 Å². The molecule has 0 saturated carbocycles. The van der Waals surface area contributed by atoms with Crippen molar-refractivity contribution < 1.29 is 19.4 Å². The summed E-state index contributed by atoms with van der Waals surface area (Å²) in [6.07, 6.45) is 0.461. The summed E-state index contributed by atoms with van der Waals surface area (Å²) in [5.41, 5.74) is 2.18. The Balaban J connectivity index is 1.74. The first-order valence-electron chi connectivity index (χ1n) is 8.26. The number of rotatable bonds is 7. The van der Waals surface area contributed by atoms with Gasteiger partial charge in [-0.2, -0.15) is 0 Å². The van der Waals surface area contributed by atoms with E-state index in [4.69, 9.17) is 9.47 Å². The molecule has 1 heterocycles. The molecule has 3 aromatic rings. The highest BCUT2D eigenvalue weighted by molar-refractivity contribution is 7.09. The Morgan fingerprint density at radius 1 is 1.19 bits per heavy atom. The second-order valence-electron chi connectivity index (χ2n) is 5.59. The summed E-state index contributed by atoms with van der Waals surface area (Å²) >= 11 is 1.38. The number of esters is 1. The maximum Gasteiger partial charge on any atom is 0.357 e. The zero-order chi connectivity index (χ0) is 18.4. The largest absolute Gasteiger partial charge is 0.508 e. The summed E-state index contributed by atoms with van der Waals surface area (Å²) in [4.78, 5) is 16.1. The number of ether oxygens (including phenoxy) is 2. The van der Waals surface area contributed by atoms with Crippen LogP contribution < -0.4 is 4.74 Å². The quantitative estimate of drug-likeness (QED) is 0.632. The first-order valence-corrected chi connectivity index (χ1v) is 9.14. The molecule has 0 fully saturated rings. The minimum Gasteiger partial charge on any atom is -0.508 e. The zero-order valence-electron chi connectivity index (χ0n) is 14.3. The molecule has 0 spiro atoms. The van der Waals surface area contributed by atoms with E-state index in [0.717, 1.165) is 16.1 Å². The number of benzene rings is 2. The van der Waals surface area contributed by atoms with Gasteiger partial charge in [-0.05, 0) is 30.7 Å². The summed E-state index contributed by atoms with van der Waals surface area (Å²) in [5, 5.41) is 12.3. The van der Waals surface area contributed by atoms with E-state index in [1.54, 1.807) is 30.5 Å². The van der Waals surface area contributed by atoms with Crippen molar-refractivity contribution in [1.82, 2.24) is 4.98 Å². The van der Waals surface area contributed by atoms with Gasteiger partial charge in [0.1, 0.15) is 18.1 Å². The molecule has 6 heteroatoms. The van der Waals surface area contributed by atoms with Crippen LogP contribution in [0.4, 0.5) is 0 Å². The second kappa shape index (κ2) is 8.49. The van der Waals surface area contributed by atoms with Crippen molar-refractivity contribution in [2.45, 2.75) is 20.0 Å². The highest BCUT2D eigenvalue weighted by Gasteiger charge is 2.14. The average molecular weight is 369 g/mol. The van der Waals surface area contributed by atoms with Crippen molar-refractivity contribution in [1.29, 1.82) is 0 Å². The number of nitrogens with zero attached hydrogens (tertiary/aromatic N) is 1. The Kier molecular flexibility index (Phi) is 5.86. The van der Waals surface area contributed by atoms with E-state index in [0.29, 0.717) is 31.1 Å². The van der Waals surface area contributed by atoms with Gasteiger partial charge >= 0.3 is 5.97 Å². The number of phenols is 1. The zero-order valence-corrected chi connectivity index (χ0v) is 15.2. The van der Waals surface area contributed by atoms with Crippen molar-refractivity contribution in [2.24, 2.45) is 0 Å². The van der Waals surface area contributed by atoms with Crippen LogP contribution in [0.1, 0.15) is 33.5 Å². The summed E-state index contributed by atoms with van der Waals surface area (Å²) in [6.45, 7) is 2.51. The van der Waals surface area contributed by atoms with E-state index in [9.17, 15) is 9.90 Å². The Morgan fingerprint density at radius 3 is 2.77 bits per heavy atom. The van der Waals surface area contributed by atoms with Gasteiger partial charge in [-0.25, -0.2) is 9.78 Å². The lowest BCUT2D eigenvalue weighted by Crippen LogP contribution is -2.05. The summed E-state index contributed by atoms with van der Waals surface area (Å²) in [6, 6.07) is 14.9. The molecular weight excluding hydrogens is 350 g/mol. The predicted octanol–water partition coefficient (Wildman–Crippen LogP) is 4.20. The summed E-state index contributed by atoms with van der Waals surface area (Å²) in [7, 11) is 0. The van der Waals surface area contributed by atoms with Crippen LogP contribution in [0.3, 0.4) is 0 Å². The second-order valence-corrected chi connectivity index (χ2v) is 6.53. The van der Waals surface area contributed by atoms with E-state index in [1.807, 2.05) is 30.3 Å². The van der Waals surface area contributed by atoms with E-state index in [-0.39, 0.29) is 5.75 Å². The van der Waals surface area contributed by atoms with Gasteiger partial charge < -0.3 is 14.6 Å². The summed E-state index contributed by atoms with van der Waals surface area (Å²) in [5.74, 6) is 0.417. The van der Waals surface area contributed by atoms with Crippen molar-refractivity contribution in [3.05, 3.63) is 75.7 Å². The fourth-order valence-corrected chi connectivity index (χ4v) is 3.22. The number of hydrogen-bond acceptors (Lipinski definition) is 6. The molecule has 1 N–H and O–H groups in total. The molecule has 0 saturated heterocycles. The third kappa shape index (κ3) is 4.61. The van der Waals surface area contributed by atoms with E-state index < -0.39 is 5.97 Å². The number of thiazole rings is 1. The summed E-state index contributed by atoms with van der Waals surface area (Å²) < 4.78 is 10.9. The van der Waals surface area contributed by atoms with Gasteiger partial charge in [0, 0.05) is 17.4 Å². The Hall–Kier alpha value is -2.86. The first kappa shape index (κ1) is 17.9. The number of hydrogen-bond donors (Lipinski definition) is 1. The molecule has 0 aliphatic carbocycles. The Bertz CT molecular complexity index is 877. The number of carbonyl (C=O) groups excluding carboxylic acids is 1. The molecule has 0 amide bonds. The van der Waals surface area contributed by atoms with Gasteiger partial charge in [0.15, 0.2) is 5.69 Å². The van der Waals surface area contributed by atoms with Gasteiger partial charge in [0.05, 0.1) is 11.6 Å². The van der Waals surface area contributed by atoms with E-state index in [2.05, 4.69) is 4.98 Å². The van der Waals surface area contributed by atoms with E-state index >= 15 is 0 Å². The smallest absolute Gasteiger partial charge is 0.357 e. The number of aromatic nitrogens is 1. The molecule has 0 bridgehead atoms. The van der Waals surface area contributed by atoms with Crippen LogP contribution >= 0.6 is 11.3 Å². The highest BCUT2D eigenvalue weighted by Crippen LogP contribution is 2.28. The van der Waals surface area contributed by atoms with Crippen molar-refractivity contribution in [3.63, 3.8) is 0 Å². The predicted molar refractivity (Wildman–Crippen MR) is 99.8 cm³/mol. The number of aromatic hydroxyl groups is 1. The molecule has 0 aliphatic rings. The third-order valence-corrected chi connectivity index (χ3v) is 4.51. The van der Waals surface area contributed by atoms with Gasteiger partial charge in [0.25, 0.3) is 0 Å². The normalized spacial score (nSPS) is 10.5. The van der Waals surface area contributed by atoms with Crippen LogP contribution in [-0.2, 0) is 17.8 Å². The minimum absolute atomic E-state index is 0.161. The van der Waals surface area contributed by atoms with Crippen LogP contribution in [0.2, 0.25) is 0 Å². The van der Waals surface area contributed by atoms with Crippen LogP contribution in [0.15, 0.2) is 53.9 Å². The molecule has 0 aliphatic heterocycles. The minimum atomic E-state index is -0.425. The molecule has 26 heavy (non-hydrogen) atoms. The molecular formula is C20H19NO4S. The SMILES string of the molecule is CCOC(=O)c1csc(Cc2cc(O)ccc2OCc2ccccc2)n1. The van der Waals surface area contributed by atoms with Crippen LogP contribution in [0.5, 0.6) is 11.5 Å². The number of phenolic OH excluding ortho intramolecular Hbond substituents is 1. The van der Waals surface area contributed by atoms with Crippen molar-refractivity contribution in [3.8, 4) is 11.5 Å². The van der Waals surface area contributed by atoms with Crippen LogP contribution in [-0.4, -0.2) is 22.7 Å². The fourth-order valence-electron chi connectivity index (χ4n) is 2.43. The van der Waals surface area contributed by atoms with Gasteiger partial charge in [0.2, 0.25) is 0 Å². The topological polar surface area (TPSA) is 68.7 Å². The Morgan fingerprint density at radius 2 is 2.00 bits per heavy atom. The monoisotopic (exact) mass is 369 g/mol. The average Bonchev–Trinajstić information content (AvgIpc) is 3.11. The molecule has 0 unspecified atom stereocenters. The molecule has 2 aromatic carbocycles. The fraction of sp³-hybridized carbons (Fsp3) is 0.200. The van der Waals surface area contributed by atoms with Gasteiger partial charge in [-0.3, -0.25) is 0 Å².